The van der Waals surface area contributed by atoms with Gasteiger partial charge < -0.3 is 5.32 Å². The quantitative estimate of drug-likeness (QED) is 0.611. The van der Waals surface area contributed by atoms with Gasteiger partial charge in [0, 0.05) is 17.3 Å². The molecule has 1 amide bonds. The summed E-state index contributed by atoms with van der Waals surface area (Å²) < 4.78 is 28.0. The number of carbonyl (C=O) groups is 1. The molecule has 0 aliphatic carbocycles. The van der Waals surface area contributed by atoms with Crippen molar-refractivity contribution in [2.45, 2.75) is 30.7 Å². The maximum Gasteiger partial charge on any atom is 0.286 e. The second kappa shape index (κ2) is 8.43. The number of carbonyl (C=O) groups excluding carboxylic acids is 1. The topological polar surface area (TPSA) is 92.3 Å². The fourth-order valence-electron chi connectivity index (χ4n) is 3.43. The van der Waals surface area contributed by atoms with Crippen LogP contribution in [0.3, 0.4) is 0 Å². The summed E-state index contributed by atoms with van der Waals surface area (Å²) in [5, 5.41) is 12.1. The summed E-state index contributed by atoms with van der Waals surface area (Å²) in [7, 11) is -3.67. The van der Waals surface area contributed by atoms with E-state index in [1.807, 2.05) is 6.07 Å². The molecule has 0 saturated carbocycles. The van der Waals surface area contributed by atoms with Crippen molar-refractivity contribution in [3.05, 3.63) is 69.1 Å². The molecular formula is C20H19ClN4O3S2. The van der Waals surface area contributed by atoms with Crippen LogP contribution in [0.1, 0.15) is 39.3 Å². The molecule has 2 aromatic carbocycles. The number of aryl methyl sites for hydroxylation is 1. The zero-order chi connectivity index (χ0) is 21.3. The lowest BCUT2D eigenvalue weighted by Gasteiger charge is -2.23. The second-order valence-electron chi connectivity index (χ2n) is 6.95. The molecule has 1 aromatic heterocycles. The minimum absolute atomic E-state index is 0.181. The van der Waals surface area contributed by atoms with Crippen LogP contribution in [0.4, 0.5) is 5.69 Å². The number of rotatable bonds is 5. The Labute approximate surface area is 183 Å². The number of aromatic nitrogens is 2. The van der Waals surface area contributed by atoms with Gasteiger partial charge in [-0.15, -0.1) is 10.2 Å². The van der Waals surface area contributed by atoms with E-state index in [0.717, 1.165) is 17.8 Å². The van der Waals surface area contributed by atoms with Gasteiger partial charge in [-0.1, -0.05) is 41.1 Å². The first kappa shape index (κ1) is 20.9. The molecule has 0 spiro atoms. The van der Waals surface area contributed by atoms with Crippen LogP contribution < -0.4 is 5.32 Å². The number of halogens is 1. The number of hydrogen-bond donors (Lipinski definition) is 1. The van der Waals surface area contributed by atoms with Crippen molar-refractivity contribution in [2.24, 2.45) is 0 Å². The minimum atomic E-state index is -3.67. The molecule has 0 unspecified atom stereocenters. The first-order chi connectivity index (χ1) is 14.4. The lowest BCUT2D eigenvalue weighted by Crippen LogP contribution is -2.31. The van der Waals surface area contributed by atoms with Crippen molar-refractivity contribution in [1.29, 1.82) is 0 Å². The van der Waals surface area contributed by atoms with E-state index in [1.165, 1.54) is 4.31 Å². The van der Waals surface area contributed by atoms with Crippen LogP contribution in [-0.4, -0.2) is 35.4 Å². The van der Waals surface area contributed by atoms with Crippen molar-refractivity contribution in [1.82, 2.24) is 14.5 Å². The second-order valence-corrected chi connectivity index (χ2v) is 10.3. The van der Waals surface area contributed by atoms with Crippen LogP contribution in [0, 0.1) is 6.92 Å². The maximum atomic E-state index is 13.2. The van der Waals surface area contributed by atoms with Crippen LogP contribution in [0.25, 0.3) is 0 Å². The predicted octanol–water partition coefficient (Wildman–Crippen LogP) is 4.28. The largest absolute Gasteiger partial charge is 0.320 e. The summed E-state index contributed by atoms with van der Waals surface area (Å²) in [6, 6.07) is 13.2. The van der Waals surface area contributed by atoms with E-state index in [4.69, 9.17) is 11.6 Å². The van der Waals surface area contributed by atoms with Gasteiger partial charge in [0.1, 0.15) is 5.01 Å². The molecule has 7 nitrogen and oxygen atoms in total. The van der Waals surface area contributed by atoms with Gasteiger partial charge in [0.05, 0.1) is 10.9 Å². The van der Waals surface area contributed by atoms with Crippen molar-refractivity contribution >= 4 is 44.6 Å². The molecule has 156 valence electrons. The van der Waals surface area contributed by atoms with Gasteiger partial charge in [-0.25, -0.2) is 8.42 Å². The molecule has 1 fully saturated rings. The highest BCUT2D eigenvalue weighted by molar-refractivity contribution is 7.89. The van der Waals surface area contributed by atoms with Gasteiger partial charge in [0.15, 0.2) is 0 Å². The summed E-state index contributed by atoms with van der Waals surface area (Å²) in [6.45, 7) is 2.19. The minimum Gasteiger partial charge on any atom is -0.320 e. The standard InChI is InChI=1S/C20H19ClN4O3S2/c1-13-5-2-3-7-17(13)30(27,28)25-12-4-6-16(25)19-23-24-20(29-19)18(26)22-15-10-8-14(21)9-11-15/h2-3,5,7-11,16H,4,6,12H2,1H3,(H,22,26)/t16-/m0/s1. The SMILES string of the molecule is Cc1ccccc1S(=O)(=O)N1CCC[C@H]1c1nnc(C(=O)Nc2ccc(Cl)cc2)s1. The van der Waals surface area contributed by atoms with Gasteiger partial charge in [-0.3, -0.25) is 4.79 Å². The van der Waals surface area contributed by atoms with E-state index in [1.54, 1.807) is 49.4 Å². The maximum absolute atomic E-state index is 13.2. The third-order valence-corrected chi connectivity index (χ3v) is 8.25. The van der Waals surface area contributed by atoms with Crippen molar-refractivity contribution in [3.63, 3.8) is 0 Å². The molecule has 4 rings (SSSR count). The molecule has 2 heterocycles. The normalized spacial score (nSPS) is 17.2. The summed E-state index contributed by atoms with van der Waals surface area (Å²) >= 11 is 6.97. The lowest BCUT2D eigenvalue weighted by molar-refractivity contribution is 0.102. The molecule has 30 heavy (non-hydrogen) atoms. The van der Waals surface area contributed by atoms with Gasteiger partial charge in [0.25, 0.3) is 5.91 Å². The van der Waals surface area contributed by atoms with Crippen LogP contribution in [0.5, 0.6) is 0 Å². The molecule has 1 atom stereocenters. The predicted molar refractivity (Wildman–Crippen MR) is 116 cm³/mol. The Morgan fingerprint density at radius 3 is 2.63 bits per heavy atom. The highest BCUT2D eigenvalue weighted by atomic mass is 35.5. The molecule has 0 bridgehead atoms. The summed E-state index contributed by atoms with van der Waals surface area (Å²) in [5.74, 6) is -0.396. The van der Waals surface area contributed by atoms with Crippen LogP contribution in [-0.2, 0) is 10.0 Å². The third kappa shape index (κ3) is 4.11. The van der Waals surface area contributed by atoms with E-state index in [0.29, 0.717) is 39.1 Å². The van der Waals surface area contributed by atoms with E-state index in [2.05, 4.69) is 15.5 Å². The van der Waals surface area contributed by atoms with E-state index in [9.17, 15) is 13.2 Å². The number of benzene rings is 2. The van der Waals surface area contributed by atoms with Gasteiger partial charge in [0.2, 0.25) is 15.0 Å². The Bertz CT molecular complexity index is 1180. The Kier molecular flexibility index (Phi) is 5.88. The number of amides is 1. The Balaban J connectivity index is 1.55. The number of sulfonamides is 1. The first-order valence-electron chi connectivity index (χ1n) is 9.34. The van der Waals surface area contributed by atoms with Gasteiger partial charge in [-0.05, 0) is 55.7 Å². The summed E-state index contributed by atoms with van der Waals surface area (Å²) in [4.78, 5) is 12.8. The van der Waals surface area contributed by atoms with Crippen LogP contribution in [0.2, 0.25) is 5.02 Å². The molecule has 1 saturated heterocycles. The van der Waals surface area contributed by atoms with Crippen LogP contribution in [0.15, 0.2) is 53.4 Å². The van der Waals surface area contributed by atoms with Gasteiger partial charge >= 0.3 is 0 Å². The fraction of sp³-hybridized carbons (Fsp3) is 0.250. The van der Waals surface area contributed by atoms with Crippen molar-refractivity contribution in [2.75, 3.05) is 11.9 Å². The average molecular weight is 463 g/mol. The molecular weight excluding hydrogens is 444 g/mol. The smallest absolute Gasteiger partial charge is 0.286 e. The zero-order valence-corrected chi connectivity index (χ0v) is 18.5. The van der Waals surface area contributed by atoms with E-state index in [-0.39, 0.29) is 5.01 Å². The number of anilines is 1. The molecule has 1 aliphatic heterocycles. The molecule has 10 heteroatoms. The molecule has 0 radical (unpaired) electrons. The van der Waals surface area contributed by atoms with E-state index < -0.39 is 22.0 Å². The first-order valence-corrected chi connectivity index (χ1v) is 12.0. The summed E-state index contributed by atoms with van der Waals surface area (Å²) in [5.41, 5.74) is 1.29. The highest BCUT2D eigenvalue weighted by Gasteiger charge is 2.39. The highest BCUT2D eigenvalue weighted by Crippen LogP contribution is 2.38. The summed E-state index contributed by atoms with van der Waals surface area (Å²) in [6.07, 6.45) is 1.36. The van der Waals surface area contributed by atoms with E-state index >= 15 is 0 Å². The van der Waals surface area contributed by atoms with Crippen LogP contribution >= 0.6 is 22.9 Å². The zero-order valence-electron chi connectivity index (χ0n) is 16.1. The molecule has 3 aromatic rings. The number of nitrogens with one attached hydrogen (secondary N) is 1. The van der Waals surface area contributed by atoms with Gasteiger partial charge in [-0.2, -0.15) is 4.31 Å². The Morgan fingerprint density at radius 1 is 1.17 bits per heavy atom. The van der Waals surface area contributed by atoms with Crippen molar-refractivity contribution in [3.8, 4) is 0 Å². The monoisotopic (exact) mass is 462 g/mol. The number of hydrogen-bond acceptors (Lipinski definition) is 6. The molecule has 1 aliphatic rings. The van der Waals surface area contributed by atoms with Crippen molar-refractivity contribution < 1.29 is 13.2 Å². The average Bonchev–Trinajstić information content (AvgIpc) is 3.39. The molecule has 1 N–H and O–H groups in total. The fourth-order valence-corrected chi connectivity index (χ4v) is 6.39. The Morgan fingerprint density at radius 2 is 1.90 bits per heavy atom. The number of nitrogens with zero attached hydrogens (tertiary/aromatic N) is 3. The third-order valence-electron chi connectivity index (χ3n) is 4.91. The Hall–Kier alpha value is -2.33. The lowest BCUT2D eigenvalue weighted by atomic mass is 10.2.